The number of nitrogens with zero attached hydrogens (tertiary/aromatic N) is 3. The van der Waals surface area contributed by atoms with Crippen molar-refractivity contribution in [1.29, 1.82) is 0 Å². The molecule has 1 heterocycles. The molecule has 4 aromatic carbocycles. The summed E-state index contributed by atoms with van der Waals surface area (Å²) in [5, 5.41) is 5.23. The van der Waals surface area contributed by atoms with Gasteiger partial charge in [-0.1, -0.05) is 84.4 Å². The summed E-state index contributed by atoms with van der Waals surface area (Å²) in [4.78, 5) is 15.7. The maximum atomic E-state index is 13.9. The lowest BCUT2D eigenvalue weighted by atomic mass is 10.1. The van der Waals surface area contributed by atoms with Crippen LogP contribution in [0.5, 0.6) is 17.4 Å². The summed E-state index contributed by atoms with van der Waals surface area (Å²) in [6, 6.07) is 34.2. The van der Waals surface area contributed by atoms with Crippen LogP contribution in [0.4, 0.5) is 0 Å². The smallest absolute Gasteiger partial charge is 0.255 e. The average molecular weight is 538 g/mol. The number of aromatic nitrogens is 2. The molecule has 5 aromatic rings. The third-order valence-corrected chi connectivity index (χ3v) is 6.70. The summed E-state index contributed by atoms with van der Waals surface area (Å²) in [5.41, 5.74) is 3.80. The SMILES string of the molecule is COc1ccccc1Oc1c(CN(Cc2ccccc2)C(=O)c2ccccc2Cl)c(C)nn1-c1ccccc1. The number of rotatable bonds is 9. The molecule has 39 heavy (non-hydrogen) atoms. The van der Waals surface area contributed by atoms with Crippen LogP contribution in [0, 0.1) is 6.92 Å². The lowest BCUT2D eigenvalue weighted by molar-refractivity contribution is 0.0729. The second-order valence-electron chi connectivity index (χ2n) is 9.00. The van der Waals surface area contributed by atoms with Crippen LogP contribution < -0.4 is 9.47 Å². The van der Waals surface area contributed by atoms with Gasteiger partial charge in [0.1, 0.15) is 0 Å². The minimum absolute atomic E-state index is 0.181. The molecule has 1 aromatic heterocycles. The van der Waals surface area contributed by atoms with Crippen LogP contribution in [0.1, 0.15) is 27.2 Å². The normalized spacial score (nSPS) is 10.7. The quantitative estimate of drug-likeness (QED) is 0.195. The second kappa shape index (κ2) is 11.9. The highest BCUT2D eigenvalue weighted by atomic mass is 35.5. The Balaban J connectivity index is 1.61. The number of carbonyl (C=O) groups is 1. The summed E-state index contributed by atoms with van der Waals surface area (Å²) >= 11 is 6.45. The van der Waals surface area contributed by atoms with Gasteiger partial charge < -0.3 is 14.4 Å². The first-order chi connectivity index (χ1) is 19.0. The summed E-state index contributed by atoms with van der Waals surface area (Å²) in [6.45, 7) is 2.56. The van der Waals surface area contributed by atoms with Gasteiger partial charge in [-0.15, -0.1) is 0 Å². The van der Waals surface area contributed by atoms with E-state index in [0.29, 0.717) is 34.5 Å². The molecule has 0 atom stereocenters. The number of amides is 1. The van der Waals surface area contributed by atoms with Crippen molar-refractivity contribution in [1.82, 2.24) is 14.7 Å². The zero-order chi connectivity index (χ0) is 27.2. The van der Waals surface area contributed by atoms with Crippen molar-refractivity contribution in [3.05, 3.63) is 137 Å². The largest absolute Gasteiger partial charge is 0.493 e. The molecule has 5 rings (SSSR count). The molecule has 1 amide bonds. The van der Waals surface area contributed by atoms with E-state index in [4.69, 9.17) is 26.2 Å². The number of aryl methyl sites for hydroxylation is 1. The van der Waals surface area contributed by atoms with Gasteiger partial charge >= 0.3 is 0 Å². The maximum Gasteiger partial charge on any atom is 0.255 e. The van der Waals surface area contributed by atoms with Crippen molar-refractivity contribution in [2.45, 2.75) is 20.0 Å². The molecule has 7 heteroatoms. The van der Waals surface area contributed by atoms with Crippen LogP contribution in [0.2, 0.25) is 5.02 Å². The Morgan fingerprint density at radius 2 is 1.44 bits per heavy atom. The molecular weight excluding hydrogens is 510 g/mol. The molecule has 6 nitrogen and oxygen atoms in total. The van der Waals surface area contributed by atoms with Gasteiger partial charge in [-0.2, -0.15) is 5.10 Å². The number of ether oxygens (including phenoxy) is 2. The van der Waals surface area contributed by atoms with Crippen molar-refractivity contribution < 1.29 is 14.3 Å². The predicted octanol–water partition coefficient (Wildman–Crippen LogP) is 7.48. The molecule has 0 bridgehead atoms. The Morgan fingerprint density at radius 3 is 2.13 bits per heavy atom. The van der Waals surface area contributed by atoms with Crippen LogP contribution in [0.15, 0.2) is 109 Å². The van der Waals surface area contributed by atoms with E-state index in [0.717, 1.165) is 22.5 Å². The van der Waals surface area contributed by atoms with E-state index >= 15 is 0 Å². The highest BCUT2D eigenvalue weighted by molar-refractivity contribution is 6.33. The Kier molecular flexibility index (Phi) is 7.94. The zero-order valence-electron chi connectivity index (χ0n) is 21.8. The van der Waals surface area contributed by atoms with Crippen LogP contribution in [-0.4, -0.2) is 27.7 Å². The Bertz CT molecular complexity index is 1570. The predicted molar refractivity (Wildman–Crippen MR) is 153 cm³/mol. The van der Waals surface area contributed by atoms with E-state index in [1.807, 2.05) is 104 Å². The summed E-state index contributed by atoms with van der Waals surface area (Å²) in [6.07, 6.45) is 0. The fourth-order valence-corrected chi connectivity index (χ4v) is 4.59. The van der Waals surface area contributed by atoms with Gasteiger partial charge in [-0.3, -0.25) is 4.79 Å². The van der Waals surface area contributed by atoms with Crippen molar-refractivity contribution in [2.75, 3.05) is 7.11 Å². The van der Waals surface area contributed by atoms with Crippen molar-refractivity contribution in [3.63, 3.8) is 0 Å². The monoisotopic (exact) mass is 537 g/mol. The number of halogens is 1. The standard InChI is InChI=1S/C32H28ClN3O3/c1-23-27(22-35(21-24-13-5-3-6-14-24)31(37)26-17-9-10-18-28(26)33)32(36(34-23)25-15-7-4-8-16-25)39-30-20-12-11-19-29(30)38-2/h3-20H,21-22H2,1-2H3. The van der Waals surface area contributed by atoms with Crippen molar-refractivity contribution in [3.8, 4) is 23.1 Å². The molecule has 0 fully saturated rings. The van der Waals surface area contributed by atoms with E-state index in [2.05, 4.69) is 0 Å². The number of methoxy groups -OCH3 is 1. The van der Waals surface area contributed by atoms with Gasteiger partial charge in [0, 0.05) is 6.54 Å². The van der Waals surface area contributed by atoms with Crippen molar-refractivity contribution >= 4 is 17.5 Å². The molecule has 0 spiro atoms. The molecule has 0 saturated heterocycles. The topological polar surface area (TPSA) is 56.6 Å². The molecule has 0 aliphatic rings. The highest BCUT2D eigenvalue weighted by Gasteiger charge is 2.26. The highest BCUT2D eigenvalue weighted by Crippen LogP contribution is 2.36. The maximum absolute atomic E-state index is 13.9. The number of carbonyl (C=O) groups excluding carboxylic acids is 1. The molecule has 0 saturated carbocycles. The van der Waals surface area contributed by atoms with E-state index in [9.17, 15) is 4.79 Å². The first kappa shape index (κ1) is 26.1. The molecule has 0 radical (unpaired) electrons. The van der Waals surface area contributed by atoms with Gasteiger partial charge in [0.25, 0.3) is 5.91 Å². The lowest BCUT2D eigenvalue weighted by Crippen LogP contribution is -2.30. The summed E-state index contributed by atoms with van der Waals surface area (Å²) in [5.74, 6) is 1.47. The first-order valence-electron chi connectivity index (χ1n) is 12.6. The molecular formula is C32H28ClN3O3. The van der Waals surface area contributed by atoms with Crippen LogP contribution >= 0.6 is 11.6 Å². The zero-order valence-corrected chi connectivity index (χ0v) is 22.5. The molecule has 196 valence electrons. The van der Waals surface area contributed by atoms with Gasteiger partial charge in [0.2, 0.25) is 5.88 Å². The van der Waals surface area contributed by atoms with Gasteiger partial charge in [-0.25, -0.2) is 4.68 Å². The van der Waals surface area contributed by atoms with E-state index in [-0.39, 0.29) is 12.5 Å². The second-order valence-corrected chi connectivity index (χ2v) is 9.40. The first-order valence-corrected chi connectivity index (χ1v) is 13.0. The van der Waals surface area contributed by atoms with E-state index in [1.165, 1.54) is 0 Å². The van der Waals surface area contributed by atoms with Gasteiger partial charge in [0.15, 0.2) is 11.5 Å². The lowest BCUT2D eigenvalue weighted by Gasteiger charge is -2.24. The minimum atomic E-state index is -0.181. The van der Waals surface area contributed by atoms with E-state index in [1.54, 1.807) is 28.8 Å². The fraction of sp³-hybridized carbons (Fsp3) is 0.125. The van der Waals surface area contributed by atoms with E-state index < -0.39 is 0 Å². The Hall–Kier alpha value is -4.55. The summed E-state index contributed by atoms with van der Waals surface area (Å²) in [7, 11) is 1.60. The van der Waals surface area contributed by atoms with Gasteiger partial charge in [-0.05, 0) is 48.9 Å². The molecule has 0 unspecified atom stereocenters. The average Bonchev–Trinajstić information content (AvgIpc) is 3.28. The third kappa shape index (κ3) is 5.81. The van der Waals surface area contributed by atoms with Crippen LogP contribution in [0.25, 0.3) is 5.69 Å². The Morgan fingerprint density at radius 1 is 0.821 bits per heavy atom. The Labute approximate surface area is 233 Å². The number of hydrogen-bond donors (Lipinski definition) is 0. The van der Waals surface area contributed by atoms with Crippen LogP contribution in [0.3, 0.4) is 0 Å². The minimum Gasteiger partial charge on any atom is -0.493 e. The number of hydrogen-bond acceptors (Lipinski definition) is 4. The molecule has 0 aliphatic carbocycles. The fourth-order valence-electron chi connectivity index (χ4n) is 4.38. The number of para-hydroxylation sites is 3. The number of benzene rings is 4. The van der Waals surface area contributed by atoms with Crippen LogP contribution in [-0.2, 0) is 13.1 Å². The summed E-state index contributed by atoms with van der Waals surface area (Å²) < 4.78 is 13.8. The molecule has 0 N–H and O–H groups in total. The third-order valence-electron chi connectivity index (χ3n) is 6.37. The van der Waals surface area contributed by atoms with Gasteiger partial charge in [0.05, 0.1) is 41.2 Å². The van der Waals surface area contributed by atoms with Crippen molar-refractivity contribution in [2.24, 2.45) is 0 Å². The molecule has 0 aliphatic heterocycles.